The van der Waals surface area contributed by atoms with Gasteiger partial charge in [-0.1, -0.05) is 0 Å². The topological polar surface area (TPSA) is 87.0 Å². The van der Waals surface area contributed by atoms with E-state index in [1.165, 1.54) is 0 Å². The van der Waals surface area contributed by atoms with E-state index in [0.29, 0.717) is 18.3 Å². The number of aromatic nitrogens is 2. The molecule has 0 fully saturated rings. The Balaban J connectivity index is 2.62. The zero-order valence-corrected chi connectivity index (χ0v) is 6.39. The highest BCUT2D eigenvalue weighted by Crippen LogP contribution is 2.10. The number of nitrogens with two attached hydrogens (primary N) is 1. The third kappa shape index (κ3) is 1.84. The maximum atomic E-state index is 8.49. The van der Waals surface area contributed by atoms with Crippen LogP contribution in [-0.4, -0.2) is 28.2 Å². The van der Waals surface area contributed by atoms with Crippen molar-refractivity contribution in [1.29, 1.82) is 0 Å². The monoisotopic (exact) mass is 156 g/mol. The van der Waals surface area contributed by atoms with E-state index in [2.05, 4.69) is 15.3 Å². The number of H-pyrrole nitrogens is 1. The first-order chi connectivity index (χ1) is 5.24. The molecule has 0 aromatic carbocycles. The molecule has 0 aliphatic rings. The average Bonchev–Trinajstić information content (AvgIpc) is 2.26. The largest absolute Gasteiger partial charge is 0.395 e. The van der Waals surface area contributed by atoms with Crippen LogP contribution in [0.4, 0.5) is 11.8 Å². The predicted octanol–water partition coefficient (Wildman–Crippen LogP) is -0.295. The molecule has 5 N–H and O–H groups in total. The average molecular weight is 156 g/mol. The Kier molecular flexibility index (Phi) is 2.32. The van der Waals surface area contributed by atoms with Gasteiger partial charge in [0.1, 0.15) is 5.82 Å². The molecule has 0 bridgehead atoms. The Morgan fingerprint density at radius 1 is 1.73 bits per heavy atom. The number of imidazole rings is 1. The lowest BCUT2D eigenvalue weighted by atomic mass is 10.5. The summed E-state index contributed by atoms with van der Waals surface area (Å²) in [5, 5.41) is 11.4. The summed E-state index contributed by atoms with van der Waals surface area (Å²) in [6, 6.07) is 0. The second kappa shape index (κ2) is 3.25. The van der Waals surface area contributed by atoms with E-state index in [1.807, 2.05) is 6.92 Å². The van der Waals surface area contributed by atoms with Gasteiger partial charge in [-0.15, -0.1) is 0 Å². The summed E-state index contributed by atoms with van der Waals surface area (Å²) in [5.41, 5.74) is 6.27. The highest BCUT2D eigenvalue weighted by Gasteiger charge is 2.01. The van der Waals surface area contributed by atoms with Crippen LogP contribution >= 0.6 is 0 Å². The number of anilines is 2. The van der Waals surface area contributed by atoms with Gasteiger partial charge < -0.3 is 21.1 Å². The van der Waals surface area contributed by atoms with E-state index < -0.39 is 0 Å². The molecule has 0 atom stereocenters. The van der Waals surface area contributed by atoms with Crippen molar-refractivity contribution >= 4 is 11.8 Å². The van der Waals surface area contributed by atoms with Crippen molar-refractivity contribution in [2.45, 2.75) is 6.92 Å². The molecule has 0 saturated carbocycles. The van der Waals surface area contributed by atoms with Crippen molar-refractivity contribution in [3.63, 3.8) is 0 Å². The minimum atomic E-state index is 0.0895. The zero-order valence-electron chi connectivity index (χ0n) is 6.39. The van der Waals surface area contributed by atoms with Crippen LogP contribution in [0.5, 0.6) is 0 Å². The molecule has 0 radical (unpaired) electrons. The minimum absolute atomic E-state index is 0.0895. The molecule has 1 aromatic rings. The third-order valence-electron chi connectivity index (χ3n) is 1.31. The highest BCUT2D eigenvalue weighted by molar-refractivity contribution is 5.45. The third-order valence-corrected chi connectivity index (χ3v) is 1.31. The van der Waals surface area contributed by atoms with Gasteiger partial charge >= 0.3 is 0 Å². The van der Waals surface area contributed by atoms with Crippen LogP contribution < -0.4 is 11.1 Å². The number of aliphatic hydroxyl groups excluding tert-OH is 1. The Morgan fingerprint density at radius 3 is 2.91 bits per heavy atom. The number of nitrogen functional groups attached to an aromatic ring is 1. The van der Waals surface area contributed by atoms with Crippen LogP contribution in [0.2, 0.25) is 0 Å². The van der Waals surface area contributed by atoms with Gasteiger partial charge in [-0.25, -0.2) is 0 Å². The summed E-state index contributed by atoms with van der Waals surface area (Å²) < 4.78 is 0. The van der Waals surface area contributed by atoms with Crippen molar-refractivity contribution in [3.8, 4) is 0 Å². The molecule has 0 amide bonds. The van der Waals surface area contributed by atoms with Gasteiger partial charge in [0, 0.05) is 6.54 Å². The predicted molar refractivity (Wildman–Crippen MR) is 43.3 cm³/mol. The molecule has 0 aliphatic heterocycles. The number of aryl methyl sites for hydroxylation is 1. The molecule has 1 aromatic heterocycles. The fourth-order valence-electron chi connectivity index (χ4n) is 0.830. The van der Waals surface area contributed by atoms with Gasteiger partial charge in [0.15, 0.2) is 5.95 Å². The number of nitrogens with one attached hydrogen (secondary N) is 2. The lowest BCUT2D eigenvalue weighted by Crippen LogP contribution is -2.06. The van der Waals surface area contributed by atoms with Crippen molar-refractivity contribution in [3.05, 3.63) is 5.69 Å². The molecular formula is C6H12N4O. The van der Waals surface area contributed by atoms with E-state index in [-0.39, 0.29) is 6.61 Å². The smallest absolute Gasteiger partial charge is 0.199 e. The zero-order chi connectivity index (χ0) is 8.27. The van der Waals surface area contributed by atoms with Gasteiger partial charge in [0.25, 0.3) is 0 Å². The van der Waals surface area contributed by atoms with Crippen molar-refractivity contribution in [1.82, 2.24) is 9.97 Å². The quantitative estimate of drug-likeness (QED) is 0.484. The molecular weight excluding hydrogens is 144 g/mol. The Bertz CT molecular complexity index is 232. The van der Waals surface area contributed by atoms with Gasteiger partial charge in [0.2, 0.25) is 0 Å². The summed E-state index contributed by atoms with van der Waals surface area (Å²) in [6.07, 6.45) is 0. The molecule has 0 spiro atoms. The van der Waals surface area contributed by atoms with E-state index >= 15 is 0 Å². The molecule has 0 aliphatic carbocycles. The number of aliphatic hydroxyl groups is 1. The second-order valence-electron chi connectivity index (χ2n) is 2.25. The van der Waals surface area contributed by atoms with Crippen molar-refractivity contribution in [2.24, 2.45) is 0 Å². The fourth-order valence-corrected chi connectivity index (χ4v) is 0.830. The van der Waals surface area contributed by atoms with E-state index in [4.69, 9.17) is 10.8 Å². The number of nitrogens with zero attached hydrogens (tertiary/aromatic N) is 1. The van der Waals surface area contributed by atoms with E-state index in [9.17, 15) is 0 Å². The fraction of sp³-hybridized carbons (Fsp3) is 0.500. The first kappa shape index (κ1) is 7.87. The molecule has 11 heavy (non-hydrogen) atoms. The van der Waals surface area contributed by atoms with Crippen LogP contribution in [-0.2, 0) is 0 Å². The van der Waals surface area contributed by atoms with Crippen LogP contribution in [0.15, 0.2) is 0 Å². The van der Waals surface area contributed by atoms with Gasteiger partial charge in [-0.3, -0.25) is 0 Å². The molecule has 0 saturated heterocycles. The summed E-state index contributed by atoms with van der Waals surface area (Å²) in [5.74, 6) is 1.10. The first-order valence-electron chi connectivity index (χ1n) is 3.41. The molecule has 0 unspecified atom stereocenters. The maximum Gasteiger partial charge on any atom is 0.199 e. The van der Waals surface area contributed by atoms with E-state index in [0.717, 1.165) is 5.69 Å². The van der Waals surface area contributed by atoms with E-state index in [1.54, 1.807) is 0 Å². The normalized spacial score (nSPS) is 10.0. The summed E-state index contributed by atoms with van der Waals surface area (Å²) in [7, 11) is 0. The van der Waals surface area contributed by atoms with Crippen LogP contribution in [0.3, 0.4) is 0 Å². The first-order valence-corrected chi connectivity index (χ1v) is 3.41. The number of aromatic amines is 1. The minimum Gasteiger partial charge on any atom is -0.395 e. The number of rotatable bonds is 3. The second-order valence-corrected chi connectivity index (χ2v) is 2.25. The highest BCUT2D eigenvalue weighted by atomic mass is 16.3. The molecule has 1 heterocycles. The van der Waals surface area contributed by atoms with Crippen LogP contribution in [0.1, 0.15) is 5.69 Å². The Labute approximate surface area is 64.6 Å². The number of hydrogen-bond donors (Lipinski definition) is 4. The van der Waals surface area contributed by atoms with Crippen molar-refractivity contribution < 1.29 is 5.11 Å². The Hall–Kier alpha value is -1.23. The maximum absolute atomic E-state index is 8.49. The van der Waals surface area contributed by atoms with Gasteiger partial charge in [0.05, 0.1) is 12.3 Å². The molecule has 5 heteroatoms. The standard InChI is InChI=1S/C6H12N4O/c1-4-5(8-2-3-11)10-6(7)9-4/h8,11H,2-3H2,1H3,(H3,7,9,10). The van der Waals surface area contributed by atoms with Crippen molar-refractivity contribution in [2.75, 3.05) is 24.2 Å². The Morgan fingerprint density at radius 2 is 2.45 bits per heavy atom. The molecule has 5 nitrogen and oxygen atoms in total. The molecule has 1 rings (SSSR count). The summed E-state index contributed by atoms with van der Waals surface area (Å²) in [6.45, 7) is 2.44. The summed E-state index contributed by atoms with van der Waals surface area (Å²) in [4.78, 5) is 6.79. The lowest BCUT2D eigenvalue weighted by Gasteiger charge is -1.98. The number of hydrogen-bond acceptors (Lipinski definition) is 4. The SMILES string of the molecule is Cc1[nH]c(N)nc1NCCO. The van der Waals surface area contributed by atoms with Crippen LogP contribution in [0, 0.1) is 6.92 Å². The summed E-state index contributed by atoms with van der Waals surface area (Å²) >= 11 is 0. The van der Waals surface area contributed by atoms with Gasteiger partial charge in [-0.2, -0.15) is 4.98 Å². The van der Waals surface area contributed by atoms with Gasteiger partial charge in [-0.05, 0) is 6.92 Å². The van der Waals surface area contributed by atoms with Crippen LogP contribution in [0.25, 0.3) is 0 Å². The lowest BCUT2D eigenvalue weighted by molar-refractivity contribution is 0.311. The molecule has 62 valence electrons.